The van der Waals surface area contributed by atoms with Gasteiger partial charge in [-0.25, -0.2) is 60.4 Å². The van der Waals surface area contributed by atoms with Gasteiger partial charge in [-0.3, -0.25) is 53.7 Å². The number of piperidine rings is 2. The van der Waals surface area contributed by atoms with Crippen molar-refractivity contribution >= 4 is 80.2 Å². The lowest BCUT2D eigenvalue weighted by Crippen LogP contribution is -2.57. The summed E-state index contributed by atoms with van der Waals surface area (Å²) in [5.41, 5.74) is 21.5. The van der Waals surface area contributed by atoms with Crippen LogP contribution in [0.3, 0.4) is 0 Å². The van der Waals surface area contributed by atoms with E-state index >= 15 is 0 Å². The minimum atomic E-state index is -0.820. The molecular weight excluding hydrogens is 1890 g/mol. The van der Waals surface area contributed by atoms with Gasteiger partial charge >= 0.3 is 0 Å². The number of nitrogens with one attached hydrogen (secondary N) is 2. The molecule has 15 aromatic heterocycles. The van der Waals surface area contributed by atoms with Crippen LogP contribution in [-0.4, -0.2) is 158 Å². The SMILES string of the molecule is Cc1cc(-c2ncccc2-c2ccc3ncc(C(=O)N[C@@H]4C[C@@H]5CCCN5C(C)(C)C4)n3c2)ccc1F.Cc1cc(-c2ncccc2-c2ccn3ncc(C(=O)N[C@@H]4C[C@@H]5CCCN5C(C)(C)C4)c3c2)ccc1F.Clc1cccc(-c2ncccc2-c2ccc3ncnn3c2)c1.Fc1cc(F)c(-c2ncccc2-c2ccc3nccnc3n2)cc1Cl.Fc1ccc(Cl)cc1-c1ncccc1-c1ccc2ncnn2c1. The van der Waals surface area contributed by atoms with E-state index in [2.05, 4.69) is 118 Å². The average molecular weight is 1980 g/mol. The first-order valence-electron chi connectivity index (χ1n) is 47.2. The highest BCUT2D eigenvalue weighted by molar-refractivity contribution is 6.31. The van der Waals surface area contributed by atoms with E-state index in [9.17, 15) is 31.5 Å². The molecule has 0 aliphatic carbocycles. The minimum absolute atomic E-state index is 0.0828. The number of amides is 2. The lowest BCUT2D eigenvalue weighted by Gasteiger charge is -2.47. The zero-order valence-corrected chi connectivity index (χ0v) is 81.3. The second-order valence-corrected chi connectivity index (χ2v) is 38.6. The Morgan fingerprint density at radius 3 is 1.47 bits per heavy atom. The molecule has 4 saturated heterocycles. The summed E-state index contributed by atoms with van der Waals surface area (Å²) in [6.07, 6.45) is 34.2. The Morgan fingerprint density at radius 2 is 0.889 bits per heavy atom. The molecule has 2 N–H and O–H groups in total. The van der Waals surface area contributed by atoms with Crippen LogP contribution in [0.4, 0.5) is 22.0 Å². The monoisotopic (exact) mass is 1980 g/mol. The average Bonchev–Trinajstić information content (AvgIpc) is 0.892. The van der Waals surface area contributed by atoms with Crippen LogP contribution in [-0.2, 0) is 0 Å². The minimum Gasteiger partial charge on any atom is -0.349 e. The molecule has 2 amide bonds. The van der Waals surface area contributed by atoms with E-state index in [0.717, 1.165) is 140 Å². The van der Waals surface area contributed by atoms with Gasteiger partial charge in [-0.05, 0) is 293 Å². The predicted molar refractivity (Wildman–Crippen MR) is 550 cm³/mol. The van der Waals surface area contributed by atoms with Gasteiger partial charge in [0.05, 0.1) is 62.7 Å². The number of carbonyl (C=O) groups is 2. The summed E-state index contributed by atoms with van der Waals surface area (Å²) < 4.78 is 76.8. The predicted octanol–water partition coefficient (Wildman–Crippen LogP) is 24.3. The van der Waals surface area contributed by atoms with Crippen LogP contribution >= 0.6 is 34.8 Å². The first-order valence-corrected chi connectivity index (χ1v) is 48.3. The maximum atomic E-state index is 14.3. The summed E-state index contributed by atoms with van der Waals surface area (Å²) in [6, 6.07) is 63.6. The number of nitrogens with zero attached hydrogens (tertiary/aromatic N) is 20. The third-order valence-electron chi connectivity index (χ3n) is 26.9. The molecule has 4 atom stereocenters. The van der Waals surface area contributed by atoms with Crippen molar-refractivity contribution in [3.05, 3.63) is 372 Å². The number of fused-ring (bicyclic) bond motifs is 7. The van der Waals surface area contributed by atoms with Crippen molar-refractivity contribution in [1.29, 1.82) is 0 Å². The number of benzene rings is 5. The first kappa shape index (κ1) is 95.9. The Morgan fingerprint density at radius 1 is 0.389 bits per heavy atom. The first-order chi connectivity index (χ1) is 69.8. The van der Waals surface area contributed by atoms with Gasteiger partial charge in [-0.2, -0.15) is 15.3 Å². The van der Waals surface area contributed by atoms with Gasteiger partial charge in [0.1, 0.15) is 58.6 Å². The largest absolute Gasteiger partial charge is 0.349 e. The zero-order chi connectivity index (χ0) is 99.6. The Kier molecular flexibility index (Phi) is 27.4. The van der Waals surface area contributed by atoms with Crippen LogP contribution in [0.2, 0.25) is 15.1 Å². The highest BCUT2D eigenvalue weighted by Crippen LogP contribution is 2.44. The maximum Gasteiger partial charge on any atom is 0.270 e. The van der Waals surface area contributed by atoms with E-state index in [1.165, 1.54) is 68.5 Å². The molecule has 4 aliphatic heterocycles. The highest BCUT2D eigenvalue weighted by Gasteiger charge is 2.45. The van der Waals surface area contributed by atoms with Crippen LogP contribution in [0.25, 0.3) is 146 Å². The highest BCUT2D eigenvalue weighted by atomic mass is 35.5. The summed E-state index contributed by atoms with van der Waals surface area (Å²) in [5.74, 6) is -2.59. The normalized spacial score (nSPS) is 16.2. The van der Waals surface area contributed by atoms with Crippen molar-refractivity contribution in [3.63, 3.8) is 0 Å². The van der Waals surface area contributed by atoms with Gasteiger partial charge in [-0.1, -0.05) is 71.2 Å². The number of carbonyl (C=O) groups excluding carboxylic acids is 2. The molecule has 24 nitrogen and oxygen atoms in total. The lowest BCUT2D eigenvalue weighted by atomic mass is 9.83. The van der Waals surface area contributed by atoms with Crippen LogP contribution < -0.4 is 10.6 Å². The molecule has 4 fully saturated rings. The zero-order valence-electron chi connectivity index (χ0n) is 79.0. The Labute approximate surface area is 840 Å². The van der Waals surface area contributed by atoms with Crippen LogP contribution in [0.1, 0.15) is 111 Å². The van der Waals surface area contributed by atoms with E-state index < -0.39 is 11.6 Å². The van der Waals surface area contributed by atoms with E-state index in [4.69, 9.17) is 34.8 Å². The molecule has 32 heteroatoms. The number of imidazole rings is 1. The topological polar surface area (TPSA) is 263 Å². The van der Waals surface area contributed by atoms with Crippen LogP contribution in [0.5, 0.6) is 0 Å². The maximum absolute atomic E-state index is 14.3. The Balaban J connectivity index is 0.000000112. The fourth-order valence-corrected chi connectivity index (χ4v) is 20.8. The van der Waals surface area contributed by atoms with Crippen LogP contribution in [0, 0.1) is 42.9 Å². The number of aromatic nitrogens is 18. The molecule has 19 heterocycles. The Bertz CT molecular complexity index is 8030. The summed E-state index contributed by atoms with van der Waals surface area (Å²) in [5, 5.41) is 20.4. The van der Waals surface area contributed by atoms with Crippen molar-refractivity contribution in [2.45, 2.75) is 128 Å². The number of pyridine rings is 10. The van der Waals surface area contributed by atoms with Gasteiger partial charge in [0.25, 0.3) is 11.8 Å². The summed E-state index contributed by atoms with van der Waals surface area (Å²) in [6.45, 7) is 15.0. The number of hydrogen-bond acceptors (Lipinski definition) is 18. The van der Waals surface area contributed by atoms with E-state index in [1.807, 2.05) is 163 Å². The fraction of sp³-hybridized carbons (Fsp3) is 0.196. The smallest absolute Gasteiger partial charge is 0.270 e. The second kappa shape index (κ2) is 41.1. The molecule has 20 aromatic rings. The van der Waals surface area contributed by atoms with E-state index in [0.29, 0.717) is 89.5 Å². The number of rotatable bonds is 14. The molecule has 0 saturated carbocycles. The summed E-state index contributed by atoms with van der Waals surface area (Å²) in [7, 11) is 0. The second-order valence-electron chi connectivity index (χ2n) is 37.3. The van der Waals surface area contributed by atoms with Crippen LogP contribution in [0.15, 0.2) is 306 Å². The number of hydrogen-bond donors (Lipinski definition) is 2. The van der Waals surface area contributed by atoms with Gasteiger partial charge < -0.3 is 10.6 Å². The molecule has 0 radical (unpaired) electrons. The van der Waals surface area contributed by atoms with Crippen molar-refractivity contribution in [2.24, 2.45) is 0 Å². The van der Waals surface area contributed by atoms with Crippen molar-refractivity contribution in [1.82, 2.24) is 109 Å². The summed E-state index contributed by atoms with van der Waals surface area (Å²) >= 11 is 17.9. The molecular formula is C112H94Cl3F5N22O2. The molecule has 0 unspecified atom stereocenters. The molecule has 144 heavy (non-hydrogen) atoms. The number of aryl methyl sites for hydroxylation is 2. The molecule has 4 aliphatic rings. The van der Waals surface area contributed by atoms with Crippen molar-refractivity contribution in [2.75, 3.05) is 13.1 Å². The van der Waals surface area contributed by atoms with Gasteiger partial charge in [-0.15, -0.1) is 0 Å². The third-order valence-corrected chi connectivity index (χ3v) is 27.7. The standard InChI is InChI=1S/2C30H32FN5O.C18H9ClF2N4.C17H10ClFN4.C17H11ClN4/c1-19-14-20(8-10-25(19)31)28-24(7-4-12-32-28)21-9-11-27-33-17-26(35(27)18-21)29(37)34-22-15-23-6-5-13-36(23)30(2,3)16-22;1-19-14-21(8-9-26(19)31)28-24(7-4-11-32-28)20-10-13-36-27(15-20)25(18-33-36)29(37)34-22-16-23-6-5-12-35(23)30(2,3)17-22;19-12-8-11(13(20)9-14(12)21)17-10(2-1-5-23-17)15-3-4-16-18(25-15)24-7-6-22-16;18-12-4-5-15(19)14(8-12)17-13(2-1-7-20-17)11-3-6-16-21-10-22-23(16)9-11;18-14-4-1-3-12(9-14)17-15(5-2-8-19-17)13-6-7-16-20-11-21-22(16)10-13/h4,7-12,14,17-18,22-23H,5-6,13,15-16H2,1-3H3,(H,34,37);4,7-11,13-15,18,22-23H,5-6,12,16-17H2,1-3H3,(H,34,37);1-9H;1-10H;1-11H/t2*22-,23+;;;/m11.../s1. The van der Waals surface area contributed by atoms with E-state index in [1.54, 1.807) is 126 Å². The summed E-state index contributed by atoms with van der Waals surface area (Å²) in [4.78, 5) is 80.1. The lowest BCUT2D eigenvalue weighted by molar-refractivity contribution is 0.0361. The number of halogens is 8. The fourth-order valence-electron chi connectivity index (χ4n) is 20.2. The van der Waals surface area contributed by atoms with Gasteiger partial charge in [0.15, 0.2) is 16.9 Å². The van der Waals surface area contributed by atoms with Gasteiger partial charge in [0.2, 0.25) is 0 Å². The Hall–Kier alpha value is -15.7. The quantitative estimate of drug-likeness (QED) is 0.0757. The molecule has 24 rings (SSSR count). The van der Waals surface area contributed by atoms with Crippen molar-refractivity contribution in [3.8, 4) is 112 Å². The molecule has 720 valence electrons. The van der Waals surface area contributed by atoms with Crippen molar-refractivity contribution < 1.29 is 31.5 Å². The molecule has 0 spiro atoms. The third kappa shape index (κ3) is 20.3. The van der Waals surface area contributed by atoms with Gasteiger partial charge in [0, 0.05) is 192 Å². The molecule has 0 bridgehead atoms. The van der Waals surface area contributed by atoms with E-state index in [-0.39, 0.29) is 63.0 Å². The molecule has 5 aromatic carbocycles.